The summed E-state index contributed by atoms with van der Waals surface area (Å²) in [6.45, 7) is 1.18. The minimum absolute atomic E-state index is 0.0678. The van der Waals surface area contributed by atoms with Crippen LogP contribution < -0.4 is 5.32 Å². The van der Waals surface area contributed by atoms with Crippen molar-refractivity contribution in [3.05, 3.63) is 30.3 Å². The van der Waals surface area contributed by atoms with Crippen LogP contribution in [0.25, 0.3) is 0 Å². The number of thioether (sulfide) groups is 1. The van der Waals surface area contributed by atoms with E-state index in [1.54, 1.807) is 11.8 Å². The molecule has 0 aliphatic heterocycles. The van der Waals surface area contributed by atoms with E-state index in [4.69, 9.17) is 5.11 Å². The Morgan fingerprint density at radius 3 is 2.67 bits per heavy atom. The lowest BCUT2D eigenvalue weighted by atomic mass is 10.1. The predicted octanol–water partition coefficient (Wildman–Crippen LogP) is 1.03. The van der Waals surface area contributed by atoms with Gasteiger partial charge in [0.05, 0.1) is 6.61 Å². The van der Waals surface area contributed by atoms with Crippen LogP contribution in [-0.4, -0.2) is 40.6 Å². The van der Waals surface area contributed by atoms with E-state index in [9.17, 15) is 9.90 Å². The minimum atomic E-state index is -1.25. The van der Waals surface area contributed by atoms with E-state index in [0.717, 1.165) is 4.90 Å². The Labute approximate surface area is 111 Å². The number of nitrogens with one attached hydrogen (secondary N) is 1. The van der Waals surface area contributed by atoms with Crippen LogP contribution in [-0.2, 0) is 4.79 Å². The smallest absolute Gasteiger partial charge is 0.220 e. The Bertz CT molecular complexity index is 368. The largest absolute Gasteiger partial charge is 0.393 e. The van der Waals surface area contributed by atoms with E-state index >= 15 is 0 Å². The normalized spacial score (nSPS) is 13.9. The number of carbonyl (C=O) groups is 1. The molecule has 0 heterocycles. The highest BCUT2D eigenvalue weighted by Gasteiger charge is 2.19. The number of benzene rings is 1. The summed E-state index contributed by atoms with van der Waals surface area (Å²) in [6.07, 6.45) is 0.390. The summed E-state index contributed by atoms with van der Waals surface area (Å²) in [5.41, 5.74) is -1.25. The molecule has 5 heteroatoms. The fourth-order valence-corrected chi connectivity index (χ4v) is 2.08. The Morgan fingerprint density at radius 1 is 1.39 bits per heavy atom. The van der Waals surface area contributed by atoms with Crippen LogP contribution >= 0.6 is 11.8 Å². The molecule has 0 aromatic heterocycles. The van der Waals surface area contributed by atoms with Gasteiger partial charge >= 0.3 is 0 Å². The van der Waals surface area contributed by atoms with Gasteiger partial charge < -0.3 is 15.5 Å². The van der Waals surface area contributed by atoms with E-state index in [2.05, 4.69) is 5.32 Å². The van der Waals surface area contributed by atoms with Gasteiger partial charge in [0.2, 0.25) is 5.91 Å². The lowest BCUT2D eigenvalue weighted by Gasteiger charge is -2.20. The number of hydrogen-bond acceptors (Lipinski definition) is 4. The molecule has 4 nitrogen and oxygen atoms in total. The lowest BCUT2D eigenvalue weighted by molar-refractivity contribution is -0.122. The highest BCUT2D eigenvalue weighted by atomic mass is 32.2. The topological polar surface area (TPSA) is 69.6 Å². The standard InChI is InChI=1S/C13H19NO3S/c1-13(17,10-15)9-14-12(16)7-8-18-11-5-3-2-4-6-11/h2-6,15,17H,7-10H2,1H3,(H,14,16). The molecule has 100 valence electrons. The molecule has 1 aromatic rings. The Morgan fingerprint density at radius 2 is 2.06 bits per heavy atom. The molecule has 0 saturated carbocycles. The van der Waals surface area contributed by atoms with E-state index in [-0.39, 0.29) is 19.1 Å². The zero-order valence-electron chi connectivity index (χ0n) is 10.4. The summed E-state index contributed by atoms with van der Waals surface area (Å²) in [6, 6.07) is 9.87. The molecule has 0 bridgehead atoms. The quantitative estimate of drug-likeness (QED) is 0.647. The van der Waals surface area contributed by atoms with E-state index in [1.807, 2.05) is 30.3 Å². The Kier molecular flexibility index (Phi) is 6.18. The van der Waals surface area contributed by atoms with Gasteiger partial charge in [-0.3, -0.25) is 4.79 Å². The number of carbonyl (C=O) groups excluding carboxylic acids is 1. The molecule has 1 aromatic carbocycles. The molecule has 0 spiro atoms. The molecule has 1 unspecified atom stereocenters. The van der Waals surface area contributed by atoms with Crippen molar-refractivity contribution < 1.29 is 15.0 Å². The van der Waals surface area contributed by atoms with Gasteiger partial charge in [-0.1, -0.05) is 18.2 Å². The summed E-state index contributed by atoms with van der Waals surface area (Å²) in [4.78, 5) is 12.6. The fraction of sp³-hybridized carbons (Fsp3) is 0.462. The molecule has 1 rings (SSSR count). The molecule has 0 radical (unpaired) electrons. The second-order valence-corrected chi connectivity index (χ2v) is 5.51. The Hall–Kier alpha value is -1.04. The van der Waals surface area contributed by atoms with Crippen LogP contribution in [0, 0.1) is 0 Å². The van der Waals surface area contributed by atoms with Crippen LogP contribution in [0.2, 0.25) is 0 Å². The third kappa shape index (κ3) is 6.05. The van der Waals surface area contributed by atoms with Crippen molar-refractivity contribution in [2.24, 2.45) is 0 Å². The first-order chi connectivity index (χ1) is 8.53. The van der Waals surface area contributed by atoms with Crippen molar-refractivity contribution in [1.29, 1.82) is 0 Å². The molecular formula is C13H19NO3S. The fourth-order valence-electron chi connectivity index (χ4n) is 1.21. The third-order valence-corrected chi connectivity index (χ3v) is 3.36. The van der Waals surface area contributed by atoms with Gasteiger partial charge in [-0.05, 0) is 19.1 Å². The van der Waals surface area contributed by atoms with Gasteiger partial charge in [-0.15, -0.1) is 11.8 Å². The monoisotopic (exact) mass is 269 g/mol. The van der Waals surface area contributed by atoms with Gasteiger partial charge in [0, 0.05) is 23.6 Å². The maximum Gasteiger partial charge on any atom is 0.220 e. The highest BCUT2D eigenvalue weighted by Crippen LogP contribution is 2.17. The van der Waals surface area contributed by atoms with Crippen LogP contribution in [0.1, 0.15) is 13.3 Å². The second-order valence-electron chi connectivity index (χ2n) is 4.34. The van der Waals surface area contributed by atoms with Crippen molar-refractivity contribution in [3.8, 4) is 0 Å². The molecule has 0 saturated heterocycles. The van der Waals surface area contributed by atoms with Crippen molar-refractivity contribution in [3.63, 3.8) is 0 Å². The van der Waals surface area contributed by atoms with Gasteiger partial charge in [-0.25, -0.2) is 0 Å². The van der Waals surface area contributed by atoms with Gasteiger partial charge in [-0.2, -0.15) is 0 Å². The van der Waals surface area contributed by atoms with Crippen LogP contribution in [0.4, 0.5) is 0 Å². The summed E-state index contributed by atoms with van der Waals surface area (Å²) < 4.78 is 0. The summed E-state index contributed by atoms with van der Waals surface area (Å²) in [7, 11) is 0. The SMILES string of the molecule is CC(O)(CO)CNC(=O)CCSc1ccccc1. The molecule has 0 fully saturated rings. The highest BCUT2D eigenvalue weighted by molar-refractivity contribution is 7.99. The summed E-state index contributed by atoms with van der Waals surface area (Å²) in [5, 5.41) is 20.9. The molecular weight excluding hydrogens is 250 g/mol. The summed E-state index contributed by atoms with van der Waals surface area (Å²) in [5.74, 6) is 0.573. The summed E-state index contributed by atoms with van der Waals surface area (Å²) >= 11 is 1.62. The zero-order chi connectivity index (χ0) is 13.4. The second kappa shape index (κ2) is 7.41. The molecule has 1 atom stereocenters. The third-order valence-electron chi connectivity index (χ3n) is 2.35. The zero-order valence-corrected chi connectivity index (χ0v) is 11.2. The maximum atomic E-state index is 11.5. The van der Waals surface area contributed by atoms with E-state index in [1.165, 1.54) is 6.92 Å². The average molecular weight is 269 g/mol. The van der Waals surface area contributed by atoms with E-state index < -0.39 is 5.60 Å². The van der Waals surface area contributed by atoms with Gasteiger partial charge in [0.15, 0.2) is 0 Å². The lowest BCUT2D eigenvalue weighted by Crippen LogP contribution is -2.43. The molecule has 0 aliphatic rings. The van der Waals surface area contributed by atoms with Crippen molar-refractivity contribution in [2.75, 3.05) is 18.9 Å². The minimum Gasteiger partial charge on any atom is -0.393 e. The van der Waals surface area contributed by atoms with E-state index in [0.29, 0.717) is 12.2 Å². The van der Waals surface area contributed by atoms with Crippen LogP contribution in [0.15, 0.2) is 35.2 Å². The number of rotatable bonds is 7. The van der Waals surface area contributed by atoms with Crippen LogP contribution in [0.3, 0.4) is 0 Å². The number of hydrogen-bond donors (Lipinski definition) is 3. The number of amides is 1. The first-order valence-electron chi connectivity index (χ1n) is 5.81. The van der Waals surface area contributed by atoms with Crippen molar-refractivity contribution in [1.82, 2.24) is 5.32 Å². The number of aliphatic hydroxyl groups excluding tert-OH is 1. The molecule has 3 N–H and O–H groups in total. The van der Waals surface area contributed by atoms with Gasteiger partial charge in [0.1, 0.15) is 5.60 Å². The van der Waals surface area contributed by atoms with Crippen molar-refractivity contribution >= 4 is 17.7 Å². The molecule has 0 aliphatic carbocycles. The van der Waals surface area contributed by atoms with Crippen LogP contribution in [0.5, 0.6) is 0 Å². The molecule has 1 amide bonds. The Balaban J connectivity index is 2.18. The number of aliphatic hydroxyl groups is 2. The maximum absolute atomic E-state index is 11.5. The molecule has 18 heavy (non-hydrogen) atoms. The first-order valence-corrected chi connectivity index (χ1v) is 6.80. The van der Waals surface area contributed by atoms with Crippen molar-refractivity contribution in [2.45, 2.75) is 23.8 Å². The average Bonchev–Trinajstić information content (AvgIpc) is 2.38. The predicted molar refractivity (Wildman–Crippen MR) is 72.5 cm³/mol. The van der Waals surface area contributed by atoms with Gasteiger partial charge in [0.25, 0.3) is 0 Å². The first kappa shape index (κ1) is 15.0.